The van der Waals surface area contributed by atoms with Gasteiger partial charge in [0.25, 0.3) is 11.8 Å². The standard InChI is InChI=1S/C29H31F2N5O3.ClH/c30-23-3-1-20(2-4-23)26-16-22(17-34-27(26)39-25-6-8-33-18-25)29(38)36-11-9-35(10-12-36)28(37)21-13-19(5-7-32)14-24(31)15-21;/h1-4,13-17,25,33H,5-12,18,32H2;1H/t25-;/m0./s1. The molecule has 0 spiro atoms. The Balaban J connectivity index is 0.00000370. The van der Waals surface area contributed by atoms with E-state index in [1.54, 1.807) is 34.1 Å². The normalized spacial score (nSPS) is 16.9. The van der Waals surface area contributed by atoms with E-state index in [-0.39, 0.29) is 41.7 Å². The van der Waals surface area contributed by atoms with Gasteiger partial charge in [-0.05, 0) is 73.5 Å². The molecular formula is C29H32ClF2N5O3. The number of nitrogens with two attached hydrogens (primary N) is 1. The number of carbonyl (C=O) groups is 2. The van der Waals surface area contributed by atoms with Crippen molar-refractivity contribution in [1.29, 1.82) is 0 Å². The van der Waals surface area contributed by atoms with Crippen LogP contribution in [0.15, 0.2) is 54.7 Å². The number of carbonyl (C=O) groups excluding carboxylic acids is 2. The van der Waals surface area contributed by atoms with Gasteiger partial charge in [0.15, 0.2) is 0 Å². The number of halogens is 3. The van der Waals surface area contributed by atoms with E-state index in [4.69, 9.17) is 10.5 Å². The molecule has 212 valence electrons. The molecule has 1 aromatic heterocycles. The van der Waals surface area contributed by atoms with Crippen LogP contribution in [0.1, 0.15) is 32.7 Å². The molecule has 0 radical (unpaired) electrons. The van der Waals surface area contributed by atoms with Gasteiger partial charge in [0.1, 0.15) is 17.7 Å². The third-order valence-corrected chi connectivity index (χ3v) is 7.04. The third kappa shape index (κ3) is 6.75. The minimum Gasteiger partial charge on any atom is -0.473 e. The Kier molecular flexibility index (Phi) is 9.67. The van der Waals surface area contributed by atoms with E-state index >= 15 is 0 Å². The summed E-state index contributed by atoms with van der Waals surface area (Å²) in [5.74, 6) is -0.931. The van der Waals surface area contributed by atoms with Crippen molar-refractivity contribution in [2.24, 2.45) is 5.73 Å². The number of amides is 2. The lowest BCUT2D eigenvalue weighted by molar-refractivity contribution is 0.0535. The van der Waals surface area contributed by atoms with Crippen molar-refractivity contribution in [1.82, 2.24) is 20.1 Å². The number of hydrogen-bond acceptors (Lipinski definition) is 6. The fraction of sp³-hybridized carbons (Fsp3) is 0.345. The average Bonchev–Trinajstić information content (AvgIpc) is 3.46. The molecule has 2 fully saturated rings. The van der Waals surface area contributed by atoms with Crippen LogP contribution < -0.4 is 15.8 Å². The van der Waals surface area contributed by atoms with Crippen LogP contribution in [0.5, 0.6) is 5.88 Å². The number of aromatic nitrogens is 1. The number of nitrogens with one attached hydrogen (secondary N) is 1. The Morgan fingerprint density at radius 1 is 0.950 bits per heavy atom. The minimum absolute atomic E-state index is 0. The quantitative estimate of drug-likeness (QED) is 0.451. The van der Waals surface area contributed by atoms with Crippen LogP contribution in [-0.2, 0) is 6.42 Å². The Morgan fingerprint density at radius 3 is 2.25 bits per heavy atom. The summed E-state index contributed by atoms with van der Waals surface area (Å²) in [6.07, 6.45) is 2.79. The molecule has 2 aromatic carbocycles. The van der Waals surface area contributed by atoms with Crippen LogP contribution >= 0.6 is 12.4 Å². The summed E-state index contributed by atoms with van der Waals surface area (Å²) in [5, 5.41) is 3.25. The van der Waals surface area contributed by atoms with Crippen molar-refractivity contribution in [2.45, 2.75) is 18.9 Å². The van der Waals surface area contributed by atoms with Crippen LogP contribution in [-0.4, -0.2) is 78.5 Å². The van der Waals surface area contributed by atoms with Gasteiger partial charge in [-0.15, -0.1) is 12.4 Å². The second-order valence-corrected chi connectivity index (χ2v) is 9.79. The largest absolute Gasteiger partial charge is 0.473 e. The lowest BCUT2D eigenvalue weighted by Crippen LogP contribution is -2.50. The Labute approximate surface area is 237 Å². The second kappa shape index (κ2) is 13.2. The SMILES string of the molecule is Cl.NCCc1cc(F)cc(C(=O)N2CCN(C(=O)c3cnc(O[C@H]4CCNC4)c(-c4ccc(F)cc4)c3)CC2)c1. The first kappa shape index (κ1) is 29.4. The van der Waals surface area contributed by atoms with Crippen molar-refractivity contribution in [2.75, 3.05) is 45.8 Å². The minimum atomic E-state index is -0.473. The highest BCUT2D eigenvalue weighted by molar-refractivity contribution is 5.97. The number of hydrogen-bond donors (Lipinski definition) is 2. The second-order valence-electron chi connectivity index (χ2n) is 9.79. The van der Waals surface area contributed by atoms with E-state index in [2.05, 4.69) is 10.3 Å². The van der Waals surface area contributed by atoms with Gasteiger partial charge in [0.2, 0.25) is 5.88 Å². The zero-order valence-corrected chi connectivity index (χ0v) is 22.8. The van der Waals surface area contributed by atoms with Gasteiger partial charge in [-0.2, -0.15) is 0 Å². The lowest BCUT2D eigenvalue weighted by Gasteiger charge is -2.35. The fourth-order valence-corrected chi connectivity index (χ4v) is 4.95. The number of nitrogens with zero attached hydrogens (tertiary/aromatic N) is 3. The first-order valence-electron chi connectivity index (χ1n) is 13.1. The molecule has 3 aromatic rings. The molecule has 11 heteroatoms. The van der Waals surface area contributed by atoms with Gasteiger partial charge in [0, 0.05) is 50.0 Å². The molecule has 2 aliphatic heterocycles. The smallest absolute Gasteiger partial charge is 0.255 e. The average molecular weight is 572 g/mol. The summed E-state index contributed by atoms with van der Waals surface area (Å²) in [6, 6.07) is 12.0. The molecule has 3 heterocycles. The zero-order valence-electron chi connectivity index (χ0n) is 21.9. The molecule has 3 N–H and O–H groups in total. The van der Waals surface area contributed by atoms with Crippen LogP contribution in [0.25, 0.3) is 11.1 Å². The highest BCUT2D eigenvalue weighted by atomic mass is 35.5. The van der Waals surface area contributed by atoms with Crippen molar-refractivity contribution in [3.8, 4) is 17.0 Å². The van der Waals surface area contributed by atoms with Crippen molar-refractivity contribution >= 4 is 24.2 Å². The molecule has 2 amide bonds. The molecule has 2 aliphatic rings. The molecule has 0 bridgehead atoms. The van der Waals surface area contributed by atoms with Crippen molar-refractivity contribution in [3.05, 3.63) is 83.1 Å². The van der Waals surface area contributed by atoms with E-state index in [0.717, 1.165) is 13.0 Å². The Morgan fingerprint density at radius 2 is 1.62 bits per heavy atom. The number of piperazine rings is 1. The predicted octanol–water partition coefficient (Wildman–Crippen LogP) is 3.29. The zero-order chi connectivity index (χ0) is 27.4. The molecule has 5 rings (SSSR count). The molecule has 0 aliphatic carbocycles. The van der Waals surface area contributed by atoms with Gasteiger partial charge in [-0.25, -0.2) is 13.8 Å². The van der Waals surface area contributed by atoms with Crippen LogP contribution in [0.2, 0.25) is 0 Å². The number of ether oxygens (including phenoxy) is 1. The van der Waals surface area contributed by atoms with Crippen molar-refractivity contribution < 1.29 is 23.1 Å². The lowest BCUT2D eigenvalue weighted by atomic mass is 10.0. The maximum atomic E-state index is 14.0. The van der Waals surface area contributed by atoms with Crippen LogP contribution in [0, 0.1) is 11.6 Å². The van der Waals surface area contributed by atoms with E-state index in [0.29, 0.717) is 73.8 Å². The van der Waals surface area contributed by atoms with Gasteiger partial charge in [-0.1, -0.05) is 12.1 Å². The number of benzene rings is 2. The molecule has 1 atom stereocenters. The first-order chi connectivity index (χ1) is 18.9. The maximum Gasteiger partial charge on any atom is 0.255 e. The molecule has 0 unspecified atom stereocenters. The molecule has 8 nitrogen and oxygen atoms in total. The third-order valence-electron chi connectivity index (χ3n) is 7.04. The van der Waals surface area contributed by atoms with Crippen molar-refractivity contribution in [3.63, 3.8) is 0 Å². The summed E-state index contributed by atoms with van der Waals surface area (Å²) in [4.78, 5) is 34.2. The molecular weight excluding hydrogens is 540 g/mol. The predicted molar refractivity (Wildman–Crippen MR) is 150 cm³/mol. The highest BCUT2D eigenvalue weighted by Crippen LogP contribution is 2.31. The summed E-state index contributed by atoms with van der Waals surface area (Å²) in [5.41, 5.74) is 8.22. The van der Waals surface area contributed by atoms with Gasteiger partial charge in [-0.3, -0.25) is 9.59 Å². The van der Waals surface area contributed by atoms with E-state index in [1.807, 2.05) is 0 Å². The van der Waals surface area contributed by atoms with Crippen LogP contribution in [0.3, 0.4) is 0 Å². The van der Waals surface area contributed by atoms with E-state index < -0.39 is 5.82 Å². The fourth-order valence-electron chi connectivity index (χ4n) is 4.95. The number of rotatable bonds is 7. The monoisotopic (exact) mass is 571 g/mol. The number of pyridine rings is 1. The van der Waals surface area contributed by atoms with Gasteiger partial charge < -0.3 is 25.6 Å². The van der Waals surface area contributed by atoms with E-state index in [9.17, 15) is 18.4 Å². The Hall–Kier alpha value is -3.60. The molecule has 0 saturated carbocycles. The molecule has 40 heavy (non-hydrogen) atoms. The topological polar surface area (TPSA) is 101 Å². The highest BCUT2D eigenvalue weighted by Gasteiger charge is 2.27. The van der Waals surface area contributed by atoms with Crippen LogP contribution in [0.4, 0.5) is 8.78 Å². The van der Waals surface area contributed by atoms with E-state index in [1.165, 1.54) is 30.5 Å². The summed E-state index contributed by atoms with van der Waals surface area (Å²) in [7, 11) is 0. The maximum absolute atomic E-state index is 14.0. The van der Waals surface area contributed by atoms with Gasteiger partial charge in [0.05, 0.1) is 5.56 Å². The molecule has 2 saturated heterocycles. The summed E-state index contributed by atoms with van der Waals surface area (Å²) < 4.78 is 33.7. The first-order valence-corrected chi connectivity index (χ1v) is 13.1. The van der Waals surface area contributed by atoms with Gasteiger partial charge >= 0.3 is 0 Å². The Bertz CT molecular complexity index is 1340. The summed E-state index contributed by atoms with van der Waals surface area (Å²) >= 11 is 0. The summed E-state index contributed by atoms with van der Waals surface area (Å²) in [6.45, 7) is 3.22.